The second-order valence-electron chi connectivity index (χ2n) is 2.73. The second kappa shape index (κ2) is 4.38. The minimum Gasteiger partial charge on any atom is -0.330 e. The van der Waals surface area contributed by atoms with Gasteiger partial charge in [-0.15, -0.1) is 11.3 Å². The maximum atomic E-state index is 11.4. The van der Waals surface area contributed by atoms with Gasteiger partial charge in [0.2, 0.25) is 0 Å². The van der Waals surface area contributed by atoms with Crippen molar-refractivity contribution in [1.29, 1.82) is 0 Å². The molecule has 1 aromatic rings. The molecular formula is C9H13NOS. The van der Waals surface area contributed by atoms with E-state index in [9.17, 15) is 4.79 Å². The minimum absolute atomic E-state index is 0.221. The molecule has 1 heterocycles. The number of rotatable bonds is 4. The predicted molar refractivity (Wildman–Crippen MR) is 51.7 cm³/mol. The van der Waals surface area contributed by atoms with Crippen molar-refractivity contribution in [2.45, 2.75) is 19.8 Å². The molecule has 12 heavy (non-hydrogen) atoms. The van der Waals surface area contributed by atoms with Crippen LogP contribution in [0.25, 0.3) is 0 Å². The Labute approximate surface area is 76.4 Å². The van der Waals surface area contributed by atoms with Gasteiger partial charge in [0.25, 0.3) is 0 Å². The SMILES string of the molecule is Cc1ccc(C(=O)CCCN)s1. The third-order valence-corrected chi connectivity index (χ3v) is 2.66. The largest absolute Gasteiger partial charge is 0.330 e. The van der Waals surface area contributed by atoms with E-state index in [1.165, 1.54) is 4.88 Å². The Hall–Kier alpha value is -0.670. The van der Waals surface area contributed by atoms with Crippen molar-refractivity contribution in [3.8, 4) is 0 Å². The molecule has 0 radical (unpaired) electrons. The van der Waals surface area contributed by atoms with E-state index in [1.54, 1.807) is 11.3 Å². The van der Waals surface area contributed by atoms with Gasteiger partial charge in [-0.1, -0.05) is 0 Å². The van der Waals surface area contributed by atoms with Gasteiger partial charge in [-0.3, -0.25) is 4.79 Å². The molecule has 0 fully saturated rings. The first-order chi connectivity index (χ1) is 5.74. The van der Waals surface area contributed by atoms with Crippen LogP contribution in [0.4, 0.5) is 0 Å². The van der Waals surface area contributed by atoms with Crippen molar-refractivity contribution in [3.63, 3.8) is 0 Å². The molecule has 0 aliphatic carbocycles. The lowest BCUT2D eigenvalue weighted by Crippen LogP contribution is -2.03. The Balaban J connectivity index is 2.53. The summed E-state index contributed by atoms with van der Waals surface area (Å²) in [6, 6.07) is 3.86. The van der Waals surface area contributed by atoms with E-state index in [-0.39, 0.29) is 5.78 Å². The molecule has 0 unspecified atom stereocenters. The smallest absolute Gasteiger partial charge is 0.172 e. The number of carbonyl (C=O) groups excluding carboxylic acids is 1. The van der Waals surface area contributed by atoms with Crippen LogP contribution in [0.5, 0.6) is 0 Å². The van der Waals surface area contributed by atoms with Gasteiger partial charge in [0.15, 0.2) is 5.78 Å². The molecule has 0 saturated heterocycles. The zero-order chi connectivity index (χ0) is 8.97. The molecule has 0 aliphatic heterocycles. The number of thiophene rings is 1. The Morgan fingerprint density at radius 2 is 2.33 bits per heavy atom. The topological polar surface area (TPSA) is 43.1 Å². The molecule has 0 saturated carbocycles. The standard InChI is InChI=1S/C9H13NOS/c1-7-4-5-9(12-7)8(11)3-2-6-10/h4-5H,2-3,6,10H2,1H3. The van der Waals surface area contributed by atoms with Crippen LogP contribution in [-0.2, 0) is 0 Å². The van der Waals surface area contributed by atoms with Crippen molar-refractivity contribution in [3.05, 3.63) is 21.9 Å². The summed E-state index contributed by atoms with van der Waals surface area (Å²) in [5.41, 5.74) is 5.31. The monoisotopic (exact) mass is 183 g/mol. The quantitative estimate of drug-likeness (QED) is 0.725. The lowest BCUT2D eigenvalue weighted by molar-refractivity contribution is 0.0984. The predicted octanol–water partition coefficient (Wildman–Crippen LogP) is 1.98. The van der Waals surface area contributed by atoms with E-state index >= 15 is 0 Å². The molecule has 66 valence electrons. The van der Waals surface area contributed by atoms with Gasteiger partial charge in [-0.25, -0.2) is 0 Å². The second-order valence-corrected chi connectivity index (χ2v) is 4.01. The van der Waals surface area contributed by atoms with Crippen LogP contribution in [0.1, 0.15) is 27.4 Å². The van der Waals surface area contributed by atoms with Gasteiger partial charge in [0.1, 0.15) is 0 Å². The minimum atomic E-state index is 0.221. The Bertz CT molecular complexity index is 267. The number of hydrogen-bond acceptors (Lipinski definition) is 3. The number of ketones is 1. The van der Waals surface area contributed by atoms with Crippen molar-refractivity contribution in [2.75, 3.05) is 6.54 Å². The number of hydrogen-bond donors (Lipinski definition) is 1. The summed E-state index contributed by atoms with van der Waals surface area (Å²) in [6.07, 6.45) is 1.37. The van der Waals surface area contributed by atoms with Crippen molar-refractivity contribution < 1.29 is 4.79 Å². The third kappa shape index (κ3) is 2.43. The first kappa shape index (κ1) is 9.42. The van der Waals surface area contributed by atoms with E-state index in [0.29, 0.717) is 13.0 Å². The molecule has 0 aliphatic rings. The summed E-state index contributed by atoms with van der Waals surface area (Å²) in [5, 5.41) is 0. The van der Waals surface area contributed by atoms with Crippen molar-refractivity contribution >= 4 is 17.1 Å². The number of aryl methyl sites for hydroxylation is 1. The van der Waals surface area contributed by atoms with E-state index in [4.69, 9.17) is 5.73 Å². The third-order valence-electron chi connectivity index (χ3n) is 1.62. The molecule has 2 N–H and O–H groups in total. The number of nitrogens with two attached hydrogens (primary N) is 1. The fraction of sp³-hybridized carbons (Fsp3) is 0.444. The highest BCUT2D eigenvalue weighted by molar-refractivity contribution is 7.14. The highest BCUT2D eigenvalue weighted by atomic mass is 32.1. The maximum Gasteiger partial charge on any atom is 0.172 e. The average Bonchev–Trinajstić information content (AvgIpc) is 2.47. The van der Waals surface area contributed by atoms with Crippen LogP contribution >= 0.6 is 11.3 Å². The number of Topliss-reactive ketones (excluding diaryl/α,β-unsaturated/α-hetero) is 1. The Morgan fingerprint density at radius 3 is 2.83 bits per heavy atom. The van der Waals surface area contributed by atoms with Gasteiger partial charge >= 0.3 is 0 Å². The molecule has 1 aromatic heterocycles. The molecule has 0 spiro atoms. The van der Waals surface area contributed by atoms with Gasteiger partial charge in [-0.05, 0) is 32.0 Å². The molecule has 2 nitrogen and oxygen atoms in total. The summed E-state index contributed by atoms with van der Waals surface area (Å²) in [6.45, 7) is 2.60. The van der Waals surface area contributed by atoms with Gasteiger partial charge in [0.05, 0.1) is 4.88 Å². The first-order valence-electron chi connectivity index (χ1n) is 4.03. The highest BCUT2D eigenvalue weighted by Crippen LogP contribution is 2.17. The van der Waals surface area contributed by atoms with Crippen LogP contribution in [0, 0.1) is 6.92 Å². The van der Waals surface area contributed by atoms with Crippen LogP contribution in [0.3, 0.4) is 0 Å². The van der Waals surface area contributed by atoms with Crippen LogP contribution in [0.2, 0.25) is 0 Å². The highest BCUT2D eigenvalue weighted by Gasteiger charge is 2.06. The molecule has 0 amide bonds. The zero-order valence-corrected chi connectivity index (χ0v) is 7.99. The van der Waals surface area contributed by atoms with Crippen LogP contribution in [-0.4, -0.2) is 12.3 Å². The van der Waals surface area contributed by atoms with Crippen LogP contribution in [0.15, 0.2) is 12.1 Å². The van der Waals surface area contributed by atoms with E-state index in [0.717, 1.165) is 11.3 Å². The average molecular weight is 183 g/mol. The first-order valence-corrected chi connectivity index (χ1v) is 4.85. The fourth-order valence-electron chi connectivity index (χ4n) is 0.970. The normalized spacial score (nSPS) is 10.2. The maximum absolute atomic E-state index is 11.4. The molecule has 0 aromatic carbocycles. The molecule has 0 atom stereocenters. The molecule has 1 rings (SSSR count). The Morgan fingerprint density at radius 1 is 1.58 bits per heavy atom. The molecular weight excluding hydrogens is 170 g/mol. The van der Waals surface area contributed by atoms with Gasteiger partial charge < -0.3 is 5.73 Å². The summed E-state index contributed by atoms with van der Waals surface area (Å²) in [5.74, 6) is 0.221. The molecule has 0 bridgehead atoms. The summed E-state index contributed by atoms with van der Waals surface area (Å²) in [4.78, 5) is 13.4. The summed E-state index contributed by atoms with van der Waals surface area (Å²) in [7, 11) is 0. The van der Waals surface area contributed by atoms with E-state index in [1.807, 2.05) is 19.1 Å². The Kier molecular flexibility index (Phi) is 3.44. The van der Waals surface area contributed by atoms with Crippen LogP contribution < -0.4 is 5.73 Å². The van der Waals surface area contributed by atoms with Gasteiger partial charge in [-0.2, -0.15) is 0 Å². The lowest BCUT2D eigenvalue weighted by Gasteiger charge is -1.94. The van der Waals surface area contributed by atoms with Crippen molar-refractivity contribution in [1.82, 2.24) is 0 Å². The van der Waals surface area contributed by atoms with Crippen molar-refractivity contribution in [2.24, 2.45) is 5.73 Å². The van der Waals surface area contributed by atoms with E-state index in [2.05, 4.69) is 0 Å². The number of carbonyl (C=O) groups is 1. The zero-order valence-electron chi connectivity index (χ0n) is 7.17. The molecule has 3 heteroatoms. The lowest BCUT2D eigenvalue weighted by atomic mass is 10.2. The van der Waals surface area contributed by atoms with Gasteiger partial charge in [0, 0.05) is 11.3 Å². The summed E-state index contributed by atoms with van der Waals surface area (Å²) >= 11 is 1.56. The summed E-state index contributed by atoms with van der Waals surface area (Å²) < 4.78 is 0. The van der Waals surface area contributed by atoms with E-state index < -0.39 is 0 Å². The fourth-order valence-corrected chi connectivity index (χ4v) is 1.81.